The third-order valence-electron chi connectivity index (χ3n) is 0.648. The van der Waals surface area contributed by atoms with Crippen LogP contribution in [0, 0.1) is 0 Å². The van der Waals surface area contributed by atoms with E-state index in [1.165, 1.54) is 0 Å². The monoisotopic (exact) mass is 160 g/mol. The molecule has 0 aromatic rings. The second-order valence-electron chi connectivity index (χ2n) is 1.35. The molecule has 0 rings (SSSR count). The van der Waals surface area contributed by atoms with Crippen LogP contribution < -0.4 is 0 Å². The summed E-state index contributed by atoms with van der Waals surface area (Å²) in [4.78, 5) is 39.5. The van der Waals surface area contributed by atoms with Crippen LogP contribution in [0.2, 0.25) is 0 Å². The summed E-state index contributed by atoms with van der Waals surface area (Å²) < 4.78 is 7.45. The Labute approximate surface area is 61.1 Å². The molecule has 0 radical (unpaired) electrons. The number of hydrogen-bond acceptors (Lipinski definition) is 6. The summed E-state index contributed by atoms with van der Waals surface area (Å²) in [5.74, 6) is -2.13. The predicted molar refractivity (Wildman–Crippen MR) is 28.9 cm³/mol. The molecule has 0 aromatic carbocycles. The highest BCUT2D eigenvalue weighted by molar-refractivity contribution is 5.95. The maximum absolute atomic E-state index is 10.3. The molecule has 0 atom stereocenters. The predicted octanol–water partition coefficient (Wildman–Crippen LogP) is -1.22. The highest BCUT2D eigenvalue weighted by Gasteiger charge is 2.10. The van der Waals surface area contributed by atoms with Crippen LogP contribution in [0.1, 0.15) is 6.42 Å². The van der Waals surface area contributed by atoms with E-state index in [-0.39, 0.29) is 12.9 Å². The Morgan fingerprint density at radius 2 is 1.36 bits per heavy atom. The number of esters is 2. The van der Waals surface area contributed by atoms with Crippen LogP contribution in [-0.4, -0.2) is 24.9 Å². The van der Waals surface area contributed by atoms with Crippen molar-refractivity contribution in [2.45, 2.75) is 6.42 Å². The summed E-state index contributed by atoms with van der Waals surface area (Å²) in [6, 6.07) is 0. The van der Waals surface area contributed by atoms with Crippen LogP contribution >= 0.6 is 0 Å². The summed E-state index contributed by atoms with van der Waals surface area (Å²) in [5, 5.41) is 0. The van der Waals surface area contributed by atoms with Crippen molar-refractivity contribution >= 4 is 24.9 Å². The van der Waals surface area contributed by atoms with Gasteiger partial charge in [0.1, 0.15) is 6.42 Å². The van der Waals surface area contributed by atoms with E-state index in [1.807, 2.05) is 0 Å². The number of carbonyl (C=O) groups excluding carboxylic acids is 4. The minimum absolute atomic E-state index is 0.115. The van der Waals surface area contributed by atoms with E-state index in [0.717, 1.165) is 0 Å². The molecule has 60 valence electrons. The van der Waals surface area contributed by atoms with E-state index in [0.29, 0.717) is 0 Å². The van der Waals surface area contributed by atoms with Gasteiger partial charge in [0.2, 0.25) is 0 Å². The smallest absolute Gasteiger partial charge is 0.324 e. The number of rotatable bonds is 4. The molecule has 0 saturated heterocycles. The Hall–Kier alpha value is -1.72. The average molecular weight is 160 g/mol. The Kier molecular flexibility index (Phi) is 4.30. The molecular formula is C5H4O6. The molecule has 0 saturated carbocycles. The van der Waals surface area contributed by atoms with Crippen molar-refractivity contribution in [2.75, 3.05) is 0 Å². The Bertz CT molecular complexity index is 163. The summed E-state index contributed by atoms with van der Waals surface area (Å²) >= 11 is 0. The van der Waals surface area contributed by atoms with E-state index in [1.54, 1.807) is 0 Å². The number of hydrogen-bond donors (Lipinski definition) is 0. The molecule has 0 heterocycles. The molecule has 0 bridgehead atoms. The lowest BCUT2D eigenvalue weighted by Gasteiger charge is -1.93. The van der Waals surface area contributed by atoms with Gasteiger partial charge in [-0.25, -0.2) is 0 Å². The first-order chi connectivity index (χ1) is 5.20. The van der Waals surface area contributed by atoms with Crippen molar-refractivity contribution in [2.24, 2.45) is 0 Å². The fourth-order valence-electron chi connectivity index (χ4n) is 0.309. The van der Waals surface area contributed by atoms with Gasteiger partial charge >= 0.3 is 24.9 Å². The van der Waals surface area contributed by atoms with Gasteiger partial charge in [-0.3, -0.25) is 19.2 Å². The van der Waals surface area contributed by atoms with Gasteiger partial charge in [-0.2, -0.15) is 0 Å². The van der Waals surface area contributed by atoms with E-state index >= 15 is 0 Å². The quantitative estimate of drug-likeness (QED) is 0.291. The first kappa shape index (κ1) is 9.28. The highest BCUT2D eigenvalue weighted by Crippen LogP contribution is 1.86. The van der Waals surface area contributed by atoms with Crippen LogP contribution in [0.3, 0.4) is 0 Å². The zero-order valence-corrected chi connectivity index (χ0v) is 5.31. The molecule has 0 spiro atoms. The van der Waals surface area contributed by atoms with Crippen molar-refractivity contribution in [3.05, 3.63) is 0 Å². The second-order valence-corrected chi connectivity index (χ2v) is 1.35. The summed E-state index contributed by atoms with van der Waals surface area (Å²) in [5.41, 5.74) is 0. The molecule has 6 nitrogen and oxygen atoms in total. The lowest BCUT2D eigenvalue weighted by molar-refractivity contribution is -0.158. The van der Waals surface area contributed by atoms with Crippen molar-refractivity contribution in [3.8, 4) is 0 Å². The van der Waals surface area contributed by atoms with Crippen molar-refractivity contribution in [1.29, 1.82) is 0 Å². The van der Waals surface area contributed by atoms with Gasteiger partial charge in [-0.1, -0.05) is 0 Å². The fraction of sp³-hybridized carbons (Fsp3) is 0.200. The molecule has 0 fully saturated rings. The van der Waals surface area contributed by atoms with Crippen molar-refractivity contribution < 1.29 is 28.7 Å². The maximum Gasteiger partial charge on any atom is 0.324 e. The van der Waals surface area contributed by atoms with Gasteiger partial charge in [0.15, 0.2) is 0 Å². The average Bonchev–Trinajstić information content (AvgIpc) is 1.87. The van der Waals surface area contributed by atoms with E-state index in [2.05, 4.69) is 9.47 Å². The van der Waals surface area contributed by atoms with Gasteiger partial charge in [0.05, 0.1) is 0 Å². The lowest BCUT2D eigenvalue weighted by Crippen LogP contribution is -2.12. The Balaban J connectivity index is 3.65. The van der Waals surface area contributed by atoms with E-state index < -0.39 is 18.4 Å². The fourth-order valence-corrected chi connectivity index (χ4v) is 0.309. The third kappa shape index (κ3) is 4.76. The summed E-state index contributed by atoms with van der Waals surface area (Å²) in [6.45, 7) is -0.229. The van der Waals surface area contributed by atoms with Crippen LogP contribution in [0.15, 0.2) is 0 Å². The van der Waals surface area contributed by atoms with Gasteiger partial charge in [-0.15, -0.1) is 0 Å². The second kappa shape index (κ2) is 5.10. The first-order valence-electron chi connectivity index (χ1n) is 2.47. The summed E-state index contributed by atoms with van der Waals surface area (Å²) in [7, 11) is 0. The standard InChI is InChI=1S/C5H4O6/c6-2-10-4(8)1-5(9)11-3-7/h2-3H,1H2. The van der Waals surface area contributed by atoms with Gasteiger partial charge in [0.25, 0.3) is 0 Å². The minimum Gasteiger partial charge on any atom is -0.395 e. The van der Waals surface area contributed by atoms with Crippen molar-refractivity contribution in [3.63, 3.8) is 0 Å². The molecule has 0 N–H and O–H groups in total. The SMILES string of the molecule is O=COC(=O)CC(=O)OC=O. The highest BCUT2D eigenvalue weighted by atomic mass is 16.6. The van der Waals surface area contributed by atoms with Crippen LogP contribution in [0.4, 0.5) is 0 Å². The maximum atomic E-state index is 10.3. The first-order valence-corrected chi connectivity index (χ1v) is 2.47. The van der Waals surface area contributed by atoms with Crippen LogP contribution in [0.5, 0.6) is 0 Å². The van der Waals surface area contributed by atoms with Crippen molar-refractivity contribution in [1.82, 2.24) is 0 Å². The van der Waals surface area contributed by atoms with Gasteiger partial charge < -0.3 is 9.47 Å². The topological polar surface area (TPSA) is 86.7 Å². The number of carbonyl (C=O) groups is 4. The zero-order valence-electron chi connectivity index (χ0n) is 5.31. The molecule has 0 unspecified atom stereocenters. The Morgan fingerprint density at radius 3 is 1.64 bits per heavy atom. The van der Waals surface area contributed by atoms with E-state index in [9.17, 15) is 19.2 Å². The summed E-state index contributed by atoms with van der Waals surface area (Å²) in [6.07, 6.45) is -0.753. The van der Waals surface area contributed by atoms with Gasteiger partial charge in [-0.05, 0) is 0 Å². The lowest BCUT2D eigenvalue weighted by atomic mass is 10.4. The molecule has 0 aromatic heterocycles. The molecule has 0 aliphatic rings. The minimum atomic E-state index is -1.06. The zero-order chi connectivity index (χ0) is 8.69. The number of ether oxygens (including phenoxy) is 2. The largest absolute Gasteiger partial charge is 0.395 e. The van der Waals surface area contributed by atoms with Crippen LogP contribution in [0.25, 0.3) is 0 Å². The Morgan fingerprint density at radius 1 is 1.00 bits per heavy atom. The molecule has 6 heteroatoms. The van der Waals surface area contributed by atoms with E-state index in [4.69, 9.17) is 0 Å². The van der Waals surface area contributed by atoms with Gasteiger partial charge in [0, 0.05) is 0 Å². The molecule has 0 amide bonds. The third-order valence-corrected chi connectivity index (χ3v) is 0.648. The molecule has 0 aliphatic heterocycles. The molecule has 0 aliphatic carbocycles. The molecule has 11 heavy (non-hydrogen) atoms. The van der Waals surface area contributed by atoms with Crippen LogP contribution in [-0.2, 0) is 28.7 Å². The normalized spacial score (nSPS) is 8.00. The molecular weight excluding hydrogens is 156 g/mol.